The Balaban J connectivity index is 1.66. The van der Waals surface area contributed by atoms with Crippen molar-refractivity contribution in [1.29, 1.82) is 0 Å². The number of hydrogen-bond acceptors (Lipinski definition) is 3. The van der Waals surface area contributed by atoms with E-state index in [1.54, 1.807) is 6.07 Å². The van der Waals surface area contributed by atoms with Gasteiger partial charge in [-0.05, 0) is 55.8 Å². The Labute approximate surface area is 105 Å². The maximum atomic E-state index is 10.9. The van der Waals surface area contributed by atoms with Crippen molar-refractivity contribution in [3.63, 3.8) is 0 Å². The molecule has 0 unspecified atom stereocenters. The van der Waals surface area contributed by atoms with Crippen molar-refractivity contribution < 1.29 is 14.4 Å². The van der Waals surface area contributed by atoms with Crippen LogP contribution in [0.4, 0.5) is 0 Å². The molecule has 4 aliphatic carbocycles. The molecule has 18 heavy (non-hydrogen) atoms. The molecule has 96 valence electrons. The second-order valence-corrected chi connectivity index (χ2v) is 6.38. The Morgan fingerprint density at radius 3 is 2.28 bits per heavy atom. The van der Waals surface area contributed by atoms with Crippen molar-refractivity contribution in [1.82, 2.24) is 5.16 Å². The van der Waals surface area contributed by atoms with Crippen molar-refractivity contribution in [2.24, 2.45) is 23.7 Å². The summed E-state index contributed by atoms with van der Waals surface area (Å²) in [6, 6.07) is 1.65. The topological polar surface area (TPSA) is 63.3 Å². The Morgan fingerprint density at radius 2 is 1.78 bits per heavy atom. The van der Waals surface area contributed by atoms with Crippen molar-refractivity contribution in [2.75, 3.05) is 0 Å². The van der Waals surface area contributed by atoms with Gasteiger partial charge >= 0.3 is 5.97 Å². The SMILES string of the molecule is O=C(O)c1cc(C2C3CC4CC(C3)CC2C4)on1. The summed E-state index contributed by atoms with van der Waals surface area (Å²) >= 11 is 0. The van der Waals surface area contributed by atoms with Crippen LogP contribution in [-0.4, -0.2) is 16.2 Å². The van der Waals surface area contributed by atoms with E-state index < -0.39 is 5.97 Å². The molecule has 4 fully saturated rings. The number of nitrogens with zero attached hydrogens (tertiary/aromatic N) is 1. The minimum Gasteiger partial charge on any atom is -0.476 e. The molecule has 1 N–H and O–H groups in total. The maximum absolute atomic E-state index is 10.9. The Morgan fingerprint density at radius 1 is 1.17 bits per heavy atom. The van der Waals surface area contributed by atoms with Crippen LogP contribution in [0.5, 0.6) is 0 Å². The fourth-order valence-electron chi connectivity index (χ4n) is 4.94. The van der Waals surface area contributed by atoms with Crippen molar-refractivity contribution in [3.8, 4) is 0 Å². The smallest absolute Gasteiger partial charge is 0.358 e. The van der Waals surface area contributed by atoms with Crippen LogP contribution in [0.15, 0.2) is 10.6 Å². The molecule has 0 radical (unpaired) electrons. The maximum Gasteiger partial charge on any atom is 0.358 e. The molecule has 4 aliphatic rings. The molecule has 4 bridgehead atoms. The first-order valence-electron chi connectivity index (χ1n) is 6.90. The van der Waals surface area contributed by atoms with Gasteiger partial charge in [0, 0.05) is 12.0 Å². The van der Waals surface area contributed by atoms with Crippen LogP contribution >= 0.6 is 0 Å². The zero-order chi connectivity index (χ0) is 12.3. The number of carbonyl (C=O) groups is 1. The second kappa shape index (κ2) is 3.59. The monoisotopic (exact) mass is 247 g/mol. The third-order valence-electron chi connectivity index (χ3n) is 5.30. The average molecular weight is 247 g/mol. The van der Waals surface area contributed by atoms with Crippen LogP contribution in [0.1, 0.15) is 54.3 Å². The first-order valence-corrected chi connectivity index (χ1v) is 6.90. The van der Waals surface area contributed by atoms with E-state index in [9.17, 15) is 4.79 Å². The lowest BCUT2D eigenvalue weighted by Gasteiger charge is -2.53. The van der Waals surface area contributed by atoms with Crippen molar-refractivity contribution >= 4 is 5.97 Å². The minimum absolute atomic E-state index is 0.0545. The minimum atomic E-state index is -0.992. The van der Waals surface area contributed by atoms with Crippen LogP contribution in [0, 0.1) is 23.7 Å². The highest BCUT2D eigenvalue weighted by atomic mass is 16.5. The van der Waals surface area contributed by atoms with Gasteiger partial charge in [0.15, 0.2) is 5.69 Å². The largest absolute Gasteiger partial charge is 0.476 e. The molecule has 4 saturated carbocycles. The van der Waals surface area contributed by atoms with Gasteiger partial charge in [0.1, 0.15) is 5.76 Å². The van der Waals surface area contributed by atoms with Gasteiger partial charge in [-0.3, -0.25) is 0 Å². The zero-order valence-electron chi connectivity index (χ0n) is 10.2. The summed E-state index contributed by atoms with van der Waals surface area (Å²) in [5.41, 5.74) is 0.0545. The molecular weight excluding hydrogens is 230 g/mol. The second-order valence-electron chi connectivity index (χ2n) is 6.38. The van der Waals surface area contributed by atoms with Gasteiger partial charge in [-0.25, -0.2) is 4.79 Å². The third-order valence-corrected chi connectivity index (χ3v) is 5.30. The highest BCUT2D eigenvalue weighted by molar-refractivity contribution is 5.85. The van der Waals surface area contributed by atoms with Crippen molar-refractivity contribution in [2.45, 2.75) is 38.0 Å². The van der Waals surface area contributed by atoms with Gasteiger partial charge in [-0.1, -0.05) is 5.16 Å². The number of aromatic nitrogens is 1. The lowest BCUT2D eigenvalue weighted by atomic mass is 9.51. The normalized spacial score (nSPS) is 41.2. The molecule has 4 nitrogen and oxygen atoms in total. The van der Waals surface area contributed by atoms with E-state index in [-0.39, 0.29) is 5.69 Å². The molecular formula is C14H17NO3. The van der Waals surface area contributed by atoms with Crippen LogP contribution in [0.25, 0.3) is 0 Å². The highest BCUT2D eigenvalue weighted by Crippen LogP contribution is 2.59. The van der Waals surface area contributed by atoms with Crippen molar-refractivity contribution in [3.05, 3.63) is 17.5 Å². The average Bonchev–Trinajstić information content (AvgIpc) is 2.77. The van der Waals surface area contributed by atoms with E-state index in [2.05, 4.69) is 5.16 Å². The van der Waals surface area contributed by atoms with Crippen LogP contribution in [-0.2, 0) is 0 Å². The lowest BCUT2D eigenvalue weighted by molar-refractivity contribution is -0.0113. The Kier molecular flexibility index (Phi) is 2.11. The molecule has 4 heteroatoms. The van der Waals surface area contributed by atoms with Gasteiger partial charge < -0.3 is 9.63 Å². The highest BCUT2D eigenvalue weighted by Gasteiger charge is 2.49. The Bertz CT molecular complexity index is 465. The van der Waals surface area contributed by atoms with Crippen LogP contribution in [0.2, 0.25) is 0 Å². The molecule has 1 heterocycles. The molecule has 0 amide bonds. The van der Waals surface area contributed by atoms with E-state index in [0.717, 1.165) is 17.6 Å². The van der Waals surface area contributed by atoms with E-state index in [1.807, 2.05) is 0 Å². The van der Waals surface area contributed by atoms with Gasteiger partial charge in [-0.2, -0.15) is 0 Å². The van der Waals surface area contributed by atoms with Gasteiger partial charge in [0.25, 0.3) is 0 Å². The molecule has 0 aliphatic heterocycles. The molecule has 5 rings (SSSR count). The zero-order valence-corrected chi connectivity index (χ0v) is 10.2. The van der Waals surface area contributed by atoms with E-state index in [0.29, 0.717) is 17.8 Å². The summed E-state index contributed by atoms with van der Waals surface area (Å²) in [5, 5.41) is 12.6. The first kappa shape index (κ1) is 10.6. The molecule has 1 aromatic rings. The predicted octanol–water partition coefficient (Wildman–Crippen LogP) is 2.91. The summed E-state index contributed by atoms with van der Waals surface area (Å²) < 4.78 is 5.32. The number of aromatic carboxylic acids is 1. The summed E-state index contributed by atoms with van der Waals surface area (Å²) in [4.78, 5) is 10.9. The van der Waals surface area contributed by atoms with Crippen LogP contribution < -0.4 is 0 Å². The molecule has 0 aromatic carbocycles. The number of rotatable bonds is 2. The fraction of sp³-hybridized carbons (Fsp3) is 0.714. The van der Waals surface area contributed by atoms with Gasteiger partial charge in [0.05, 0.1) is 0 Å². The Hall–Kier alpha value is -1.32. The third kappa shape index (κ3) is 1.44. The van der Waals surface area contributed by atoms with E-state index in [1.165, 1.54) is 32.1 Å². The number of carboxylic acids is 1. The quantitative estimate of drug-likeness (QED) is 0.872. The summed E-state index contributed by atoms with van der Waals surface area (Å²) in [6.45, 7) is 0. The standard InChI is InChI=1S/C14H17NO3/c16-14(17)11-6-12(18-15-11)13-9-2-7-1-8(4-9)5-10(13)3-7/h6-10,13H,1-5H2,(H,16,17). The summed E-state index contributed by atoms with van der Waals surface area (Å²) in [6.07, 6.45) is 6.65. The lowest BCUT2D eigenvalue weighted by Crippen LogP contribution is -2.43. The predicted molar refractivity (Wildman–Crippen MR) is 63.2 cm³/mol. The summed E-state index contributed by atoms with van der Waals surface area (Å²) in [7, 11) is 0. The molecule has 0 spiro atoms. The molecule has 1 aromatic heterocycles. The fourth-order valence-corrected chi connectivity index (χ4v) is 4.94. The van der Waals surface area contributed by atoms with E-state index in [4.69, 9.17) is 9.63 Å². The number of hydrogen-bond donors (Lipinski definition) is 1. The van der Waals surface area contributed by atoms with Gasteiger partial charge in [0.2, 0.25) is 0 Å². The molecule has 0 saturated heterocycles. The van der Waals surface area contributed by atoms with Gasteiger partial charge in [-0.15, -0.1) is 0 Å². The van der Waals surface area contributed by atoms with E-state index >= 15 is 0 Å². The first-order chi connectivity index (χ1) is 8.70. The number of carboxylic acid groups (broad SMARTS) is 1. The van der Waals surface area contributed by atoms with Crippen LogP contribution in [0.3, 0.4) is 0 Å². The molecule has 0 atom stereocenters. The summed E-state index contributed by atoms with van der Waals surface area (Å²) in [5.74, 6) is 3.51.